The van der Waals surface area contributed by atoms with E-state index in [-0.39, 0.29) is 17.9 Å². The van der Waals surface area contributed by atoms with Crippen molar-refractivity contribution in [3.63, 3.8) is 0 Å². The fourth-order valence-corrected chi connectivity index (χ4v) is 5.94. The Balaban J connectivity index is 1.20. The first kappa shape index (κ1) is 28.7. The van der Waals surface area contributed by atoms with Gasteiger partial charge in [0.1, 0.15) is 11.6 Å². The summed E-state index contributed by atoms with van der Waals surface area (Å²) < 4.78 is 7.55. The lowest BCUT2D eigenvalue weighted by Gasteiger charge is -2.29. The molecule has 4 heterocycles. The third kappa shape index (κ3) is 5.93. The van der Waals surface area contributed by atoms with Crippen LogP contribution in [0.2, 0.25) is 5.02 Å². The maximum atomic E-state index is 13.3. The van der Waals surface area contributed by atoms with Crippen LogP contribution in [0.4, 0.5) is 17.3 Å². The predicted molar refractivity (Wildman–Crippen MR) is 167 cm³/mol. The van der Waals surface area contributed by atoms with E-state index in [1.165, 1.54) is 0 Å². The summed E-state index contributed by atoms with van der Waals surface area (Å²) in [6.07, 6.45) is 6.91. The van der Waals surface area contributed by atoms with Crippen molar-refractivity contribution < 1.29 is 14.3 Å². The minimum Gasteiger partial charge on any atom is -0.495 e. The van der Waals surface area contributed by atoms with Gasteiger partial charge in [-0.3, -0.25) is 9.59 Å². The number of hydrogen-bond acceptors (Lipinski definition) is 7. The molecule has 0 radical (unpaired) electrons. The number of hydrogen-bond donors (Lipinski definition) is 3. The first-order chi connectivity index (χ1) is 20.8. The SMILES string of the molecule is COc1cc(C(=O)NC2CCN(C)CC2)ccc1Nc1ncc2c(n1)-n1ccc(C(=O)Nc3c(C)cccc3Cl)c1CC2. The molecule has 2 amide bonds. The zero-order valence-electron chi connectivity index (χ0n) is 24.4. The minimum atomic E-state index is -0.217. The third-order valence-corrected chi connectivity index (χ3v) is 8.48. The maximum absolute atomic E-state index is 13.3. The molecule has 0 unspecified atom stereocenters. The molecule has 2 aromatic carbocycles. The van der Waals surface area contributed by atoms with Crippen molar-refractivity contribution >= 4 is 40.7 Å². The smallest absolute Gasteiger partial charge is 0.257 e. The number of halogens is 1. The van der Waals surface area contributed by atoms with Crippen molar-refractivity contribution in [2.24, 2.45) is 0 Å². The van der Waals surface area contributed by atoms with Crippen LogP contribution in [0, 0.1) is 6.92 Å². The Hall–Kier alpha value is -4.41. The number of nitrogens with zero attached hydrogens (tertiary/aromatic N) is 4. The van der Waals surface area contributed by atoms with E-state index in [1.54, 1.807) is 43.6 Å². The highest BCUT2D eigenvalue weighted by Gasteiger charge is 2.25. The van der Waals surface area contributed by atoms with Gasteiger partial charge in [-0.15, -0.1) is 0 Å². The number of fused-ring (bicyclic) bond motifs is 3. The summed E-state index contributed by atoms with van der Waals surface area (Å²) in [5.41, 5.74) is 5.10. The molecule has 0 aliphatic carbocycles. The molecule has 0 spiro atoms. The average Bonchev–Trinajstić information content (AvgIpc) is 3.45. The summed E-state index contributed by atoms with van der Waals surface area (Å²) >= 11 is 6.34. The van der Waals surface area contributed by atoms with Gasteiger partial charge in [-0.05, 0) is 88.6 Å². The quantitative estimate of drug-likeness (QED) is 0.269. The Morgan fingerprint density at radius 3 is 2.65 bits per heavy atom. The summed E-state index contributed by atoms with van der Waals surface area (Å²) in [6.45, 7) is 3.85. The summed E-state index contributed by atoms with van der Waals surface area (Å²) in [4.78, 5) is 37.8. The van der Waals surface area contributed by atoms with Crippen molar-refractivity contribution in [2.75, 3.05) is 37.9 Å². The van der Waals surface area contributed by atoms with Crippen LogP contribution >= 0.6 is 11.6 Å². The fourth-order valence-electron chi connectivity index (χ4n) is 5.67. The zero-order valence-corrected chi connectivity index (χ0v) is 25.2. The first-order valence-corrected chi connectivity index (χ1v) is 14.8. The number of aryl methyl sites for hydroxylation is 2. The van der Waals surface area contributed by atoms with E-state index in [9.17, 15) is 9.59 Å². The molecular weight excluding hydrogens is 566 g/mol. The molecule has 2 aromatic heterocycles. The number of piperidine rings is 1. The number of anilines is 3. The highest BCUT2D eigenvalue weighted by atomic mass is 35.5. The van der Waals surface area contributed by atoms with E-state index < -0.39 is 0 Å². The highest BCUT2D eigenvalue weighted by Crippen LogP contribution is 2.32. The lowest BCUT2D eigenvalue weighted by molar-refractivity contribution is 0.0916. The van der Waals surface area contributed by atoms with Crippen LogP contribution < -0.4 is 20.7 Å². The number of para-hydroxylation sites is 1. The monoisotopic (exact) mass is 599 g/mol. The largest absolute Gasteiger partial charge is 0.495 e. The van der Waals surface area contributed by atoms with E-state index in [2.05, 4.69) is 32.9 Å². The number of benzene rings is 2. The number of carbonyl (C=O) groups is 2. The van der Waals surface area contributed by atoms with Gasteiger partial charge < -0.3 is 30.2 Å². The summed E-state index contributed by atoms with van der Waals surface area (Å²) in [6, 6.07) is 12.8. The second-order valence-electron chi connectivity index (χ2n) is 11.1. The van der Waals surface area contributed by atoms with Crippen molar-refractivity contribution in [3.8, 4) is 11.6 Å². The van der Waals surface area contributed by atoms with Crippen LogP contribution in [0.5, 0.6) is 5.75 Å². The molecule has 43 heavy (non-hydrogen) atoms. The Morgan fingerprint density at radius 2 is 1.88 bits per heavy atom. The Kier molecular flexibility index (Phi) is 8.05. The number of amides is 2. The standard InChI is InChI=1S/C32H34ClN7O3/c1-19-5-4-6-24(33)28(19)37-31(42)23-13-16-40-26(23)10-8-21-18-34-32(38-29(21)40)36-25-9-7-20(17-27(25)43-3)30(41)35-22-11-14-39(2)15-12-22/h4-7,9,13,16-18,22H,8,10-12,14-15H2,1-3H3,(H,35,41)(H,37,42)(H,34,36,38). The van der Waals surface area contributed by atoms with Gasteiger partial charge >= 0.3 is 0 Å². The number of methoxy groups -OCH3 is 1. The van der Waals surface area contributed by atoms with Crippen LogP contribution in [-0.4, -0.2) is 64.5 Å². The van der Waals surface area contributed by atoms with Gasteiger partial charge in [0.2, 0.25) is 5.95 Å². The summed E-state index contributed by atoms with van der Waals surface area (Å²) in [5, 5.41) is 9.86. The Bertz CT molecular complexity index is 1670. The molecule has 4 aromatic rings. The van der Waals surface area contributed by atoms with Gasteiger partial charge in [0.25, 0.3) is 11.8 Å². The molecule has 2 aliphatic heterocycles. The number of rotatable bonds is 7. The average molecular weight is 600 g/mol. The number of nitrogens with one attached hydrogen (secondary N) is 3. The van der Waals surface area contributed by atoms with Crippen LogP contribution in [0.1, 0.15) is 50.4 Å². The maximum Gasteiger partial charge on any atom is 0.257 e. The van der Waals surface area contributed by atoms with Gasteiger partial charge in [0, 0.05) is 35.3 Å². The van der Waals surface area contributed by atoms with Gasteiger partial charge in [-0.25, -0.2) is 4.98 Å². The molecule has 0 saturated carbocycles. The first-order valence-electron chi connectivity index (χ1n) is 14.4. The minimum absolute atomic E-state index is 0.117. The summed E-state index contributed by atoms with van der Waals surface area (Å²) in [7, 11) is 3.66. The van der Waals surface area contributed by atoms with Crippen molar-refractivity contribution in [1.29, 1.82) is 0 Å². The number of likely N-dealkylation sites (tertiary alicyclic amines) is 1. The van der Waals surface area contributed by atoms with E-state index in [1.807, 2.05) is 29.8 Å². The van der Waals surface area contributed by atoms with E-state index in [0.717, 1.165) is 42.8 Å². The molecule has 10 nitrogen and oxygen atoms in total. The van der Waals surface area contributed by atoms with Crippen molar-refractivity contribution in [3.05, 3.63) is 87.8 Å². The Labute approximate surface area is 255 Å². The molecule has 222 valence electrons. The molecule has 11 heteroatoms. The lowest BCUT2D eigenvalue weighted by atomic mass is 10.0. The second kappa shape index (κ2) is 12.1. The van der Waals surface area contributed by atoms with Crippen molar-refractivity contribution in [2.45, 2.75) is 38.6 Å². The predicted octanol–water partition coefficient (Wildman–Crippen LogP) is 5.16. The van der Waals surface area contributed by atoms with Gasteiger partial charge in [0.15, 0.2) is 0 Å². The highest BCUT2D eigenvalue weighted by molar-refractivity contribution is 6.34. The fraction of sp³-hybridized carbons (Fsp3) is 0.312. The van der Waals surface area contributed by atoms with Gasteiger partial charge in [-0.1, -0.05) is 23.7 Å². The number of aromatic nitrogens is 3. The van der Waals surface area contributed by atoms with Crippen LogP contribution in [0.15, 0.2) is 54.9 Å². The molecule has 2 aliphatic rings. The summed E-state index contributed by atoms with van der Waals surface area (Å²) in [5.74, 6) is 1.26. The molecule has 0 bridgehead atoms. The van der Waals surface area contributed by atoms with E-state index >= 15 is 0 Å². The molecule has 3 N–H and O–H groups in total. The van der Waals surface area contributed by atoms with Crippen molar-refractivity contribution in [1.82, 2.24) is 24.8 Å². The van der Waals surface area contributed by atoms with Gasteiger partial charge in [-0.2, -0.15) is 4.98 Å². The van der Waals surface area contributed by atoms with E-state index in [0.29, 0.717) is 57.9 Å². The topological polar surface area (TPSA) is 113 Å². The normalized spacial score (nSPS) is 14.9. The molecule has 6 rings (SSSR count). The van der Waals surface area contributed by atoms with Gasteiger partial charge in [0.05, 0.1) is 29.1 Å². The van der Waals surface area contributed by atoms with Crippen LogP contribution in [0.3, 0.4) is 0 Å². The number of ether oxygens (including phenoxy) is 1. The zero-order chi connectivity index (χ0) is 30.1. The van der Waals surface area contributed by atoms with E-state index in [4.69, 9.17) is 21.3 Å². The number of carbonyl (C=O) groups excluding carboxylic acids is 2. The molecular formula is C32H34ClN7O3. The molecule has 1 saturated heterocycles. The third-order valence-electron chi connectivity index (χ3n) is 8.16. The second-order valence-corrected chi connectivity index (χ2v) is 11.5. The molecule has 1 fully saturated rings. The van der Waals surface area contributed by atoms with Crippen LogP contribution in [-0.2, 0) is 12.8 Å². The van der Waals surface area contributed by atoms with Crippen LogP contribution in [0.25, 0.3) is 5.82 Å². The Morgan fingerprint density at radius 1 is 1.07 bits per heavy atom. The lowest BCUT2D eigenvalue weighted by Crippen LogP contribution is -2.43. The molecule has 0 atom stereocenters.